The molecule has 4 aromatic rings. The van der Waals surface area contributed by atoms with E-state index in [9.17, 15) is 0 Å². The van der Waals surface area contributed by atoms with Crippen molar-refractivity contribution in [2.75, 3.05) is 0 Å². The van der Waals surface area contributed by atoms with E-state index >= 15 is 0 Å². The summed E-state index contributed by atoms with van der Waals surface area (Å²) < 4.78 is 0. The van der Waals surface area contributed by atoms with Gasteiger partial charge in [0.1, 0.15) is 0 Å². The first-order valence-corrected chi connectivity index (χ1v) is 10.1. The minimum atomic E-state index is -0.240. The molecule has 0 bridgehead atoms. The third-order valence-electron chi connectivity index (χ3n) is 6.96. The summed E-state index contributed by atoms with van der Waals surface area (Å²) in [6.45, 7) is 4.73. The second-order valence-corrected chi connectivity index (χ2v) is 8.56. The highest BCUT2D eigenvalue weighted by atomic mass is 14.5. The van der Waals surface area contributed by atoms with E-state index in [1.807, 2.05) is 0 Å². The van der Waals surface area contributed by atoms with E-state index in [2.05, 4.69) is 111 Å². The van der Waals surface area contributed by atoms with Gasteiger partial charge < -0.3 is 0 Å². The molecule has 0 atom stereocenters. The largest absolute Gasteiger partial charge is 0.0719 e. The number of hydrogen-bond acceptors (Lipinski definition) is 0. The van der Waals surface area contributed by atoms with E-state index in [1.54, 1.807) is 0 Å². The van der Waals surface area contributed by atoms with E-state index in [0.717, 1.165) is 0 Å². The van der Waals surface area contributed by atoms with Crippen LogP contribution >= 0.6 is 0 Å². The van der Waals surface area contributed by atoms with E-state index < -0.39 is 0 Å². The Labute approximate surface area is 166 Å². The van der Waals surface area contributed by atoms with Crippen molar-refractivity contribution in [2.24, 2.45) is 0 Å². The van der Waals surface area contributed by atoms with Gasteiger partial charge in [-0.3, -0.25) is 0 Å². The molecule has 0 radical (unpaired) electrons. The summed E-state index contributed by atoms with van der Waals surface area (Å²) in [6.07, 6.45) is 0. The first-order chi connectivity index (χ1) is 13.7. The first-order valence-electron chi connectivity index (χ1n) is 10.1. The molecule has 6 rings (SSSR count). The topological polar surface area (TPSA) is 0 Å². The van der Waals surface area contributed by atoms with Crippen molar-refractivity contribution in [1.29, 1.82) is 0 Å². The highest BCUT2D eigenvalue weighted by Crippen LogP contribution is 2.61. The predicted octanol–water partition coefficient (Wildman–Crippen LogP) is 6.69. The molecule has 0 nitrogen and oxygen atoms in total. The second-order valence-electron chi connectivity index (χ2n) is 8.56. The lowest BCUT2D eigenvalue weighted by Crippen LogP contribution is -2.40. The lowest BCUT2D eigenvalue weighted by Gasteiger charge is -2.46. The fourth-order valence-electron chi connectivity index (χ4n) is 5.82. The monoisotopic (exact) mass is 358 g/mol. The summed E-state index contributed by atoms with van der Waals surface area (Å²) in [5.74, 6) is 0. The molecular weight excluding hydrogens is 336 g/mol. The first kappa shape index (κ1) is 15.9. The number of hydrogen-bond donors (Lipinski definition) is 0. The molecule has 0 heteroatoms. The van der Waals surface area contributed by atoms with Crippen molar-refractivity contribution in [1.82, 2.24) is 0 Å². The Kier molecular flexibility index (Phi) is 2.97. The van der Waals surface area contributed by atoms with Crippen LogP contribution in [0.5, 0.6) is 0 Å². The van der Waals surface area contributed by atoms with Crippen LogP contribution in [0.2, 0.25) is 0 Å². The average molecular weight is 358 g/mol. The van der Waals surface area contributed by atoms with Crippen molar-refractivity contribution in [3.8, 4) is 11.1 Å². The lowest BCUT2D eigenvalue weighted by atomic mass is 9.55. The van der Waals surface area contributed by atoms with Gasteiger partial charge in [0.05, 0.1) is 5.41 Å². The van der Waals surface area contributed by atoms with Crippen LogP contribution in [0.15, 0.2) is 97.1 Å². The molecule has 0 saturated heterocycles. The zero-order chi connectivity index (χ0) is 18.9. The Balaban J connectivity index is 1.89. The Bertz CT molecular complexity index is 1150. The molecule has 134 valence electrons. The van der Waals surface area contributed by atoms with Crippen molar-refractivity contribution >= 4 is 0 Å². The molecule has 4 aromatic carbocycles. The molecule has 0 unspecified atom stereocenters. The van der Waals surface area contributed by atoms with Crippen LogP contribution in [0.1, 0.15) is 47.2 Å². The van der Waals surface area contributed by atoms with Gasteiger partial charge in [-0.15, -0.1) is 0 Å². The summed E-state index contributed by atoms with van der Waals surface area (Å²) >= 11 is 0. The molecule has 0 N–H and O–H groups in total. The Morgan fingerprint density at radius 2 is 0.714 bits per heavy atom. The van der Waals surface area contributed by atoms with E-state index in [-0.39, 0.29) is 10.8 Å². The van der Waals surface area contributed by atoms with Gasteiger partial charge in [0.25, 0.3) is 0 Å². The van der Waals surface area contributed by atoms with Gasteiger partial charge in [0, 0.05) is 5.41 Å². The standard InChI is InChI=1S/C28H22/c1-27(2)23-15-7-9-17-25(23)28(26-18-10-8-16-24(26)27)21-13-5-3-11-19(21)20-12-4-6-14-22(20)28/h3-18H,1-2H3. The fraction of sp³-hybridized carbons (Fsp3) is 0.143. The summed E-state index contributed by atoms with van der Waals surface area (Å²) in [4.78, 5) is 0. The maximum atomic E-state index is 2.37. The molecule has 0 fully saturated rings. The number of rotatable bonds is 0. The minimum absolute atomic E-state index is 0.0229. The summed E-state index contributed by atoms with van der Waals surface area (Å²) in [5, 5.41) is 0. The second kappa shape index (κ2) is 5.23. The van der Waals surface area contributed by atoms with Gasteiger partial charge in [-0.2, -0.15) is 0 Å². The zero-order valence-electron chi connectivity index (χ0n) is 16.2. The maximum absolute atomic E-state index is 2.37. The normalized spacial score (nSPS) is 16.8. The van der Waals surface area contributed by atoms with Crippen LogP contribution < -0.4 is 0 Å². The van der Waals surface area contributed by atoms with E-state index in [1.165, 1.54) is 44.5 Å². The Morgan fingerprint density at radius 3 is 1.14 bits per heavy atom. The Hall–Kier alpha value is -3.12. The van der Waals surface area contributed by atoms with Gasteiger partial charge in [0.15, 0.2) is 0 Å². The molecule has 1 spiro atoms. The highest BCUT2D eigenvalue weighted by molar-refractivity contribution is 5.88. The van der Waals surface area contributed by atoms with Crippen LogP contribution in [-0.2, 0) is 10.8 Å². The van der Waals surface area contributed by atoms with Crippen LogP contribution in [0.3, 0.4) is 0 Å². The summed E-state index contributed by atoms with van der Waals surface area (Å²) in [6, 6.07) is 36.1. The third kappa shape index (κ3) is 1.67. The summed E-state index contributed by atoms with van der Waals surface area (Å²) in [5.41, 5.74) is 11.0. The lowest BCUT2D eigenvalue weighted by molar-refractivity contribution is 0.563. The van der Waals surface area contributed by atoms with Gasteiger partial charge in [-0.1, -0.05) is 111 Å². The number of benzene rings is 4. The van der Waals surface area contributed by atoms with Crippen molar-refractivity contribution in [3.63, 3.8) is 0 Å². The van der Waals surface area contributed by atoms with Crippen LogP contribution in [-0.4, -0.2) is 0 Å². The van der Waals surface area contributed by atoms with E-state index in [0.29, 0.717) is 0 Å². The quantitative estimate of drug-likeness (QED) is 0.289. The van der Waals surface area contributed by atoms with Crippen molar-refractivity contribution < 1.29 is 0 Å². The van der Waals surface area contributed by atoms with Gasteiger partial charge >= 0.3 is 0 Å². The third-order valence-corrected chi connectivity index (χ3v) is 6.96. The SMILES string of the molecule is CC1(C)c2ccccc2C2(c3ccccc3-c3ccccc32)c2ccccc21. The molecular formula is C28H22. The smallest absolute Gasteiger partial charge is 0.0619 e. The zero-order valence-corrected chi connectivity index (χ0v) is 16.2. The molecule has 0 amide bonds. The van der Waals surface area contributed by atoms with Crippen molar-refractivity contribution in [2.45, 2.75) is 24.7 Å². The minimum Gasteiger partial charge on any atom is -0.0619 e. The van der Waals surface area contributed by atoms with Gasteiger partial charge in [-0.25, -0.2) is 0 Å². The fourth-order valence-corrected chi connectivity index (χ4v) is 5.82. The predicted molar refractivity (Wildman–Crippen MR) is 116 cm³/mol. The van der Waals surface area contributed by atoms with Crippen molar-refractivity contribution in [3.05, 3.63) is 130 Å². The molecule has 0 saturated carbocycles. The van der Waals surface area contributed by atoms with E-state index in [4.69, 9.17) is 0 Å². The van der Waals surface area contributed by atoms with Gasteiger partial charge in [0.2, 0.25) is 0 Å². The van der Waals surface area contributed by atoms with Gasteiger partial charge in [-0.05, 0) is 44.5 Å². The maximum Gasteiger partial charge on any atom is 0.0719 e. The van der Waals surface area contributed by atoms with Crippen LogP contribution in [0, 0.1) is 0 Å². The highest BCUT2D eigenvalue weighted by Gasteiger charge is 2.52. The average Bonchev–Trinajstić information content (AvgIpc) is 3.04. The molecule has 28 heavy (non-hydrogen) atoms. The Morgan fingerprint density at radius 1 is 0.393 bits per heavy atom. The molecule has 2 aliphatic rings. The molecule has 0 aromatic heterocycles. The van der Waals surface area contributed by atoms with Crippen LogP contribution in [0.4, 0.5) is 0 Å². The molecule has 0 heterocycles. The molecule has 0 aliphatic heterocycles. The summed E-state index contributed by atoms with van der Waals surface area (Å²) in [7, 11) is 0. The van der Waals surface area contributed by atoms with Crippen LogP contribution in [0.25, 0.3) is 11.1 Å². The molecule has 2 aliphatic carbocycles. The number of fused-ring (bicyclic) bond motifs is 9.